The highest BCUT2D eigenvalue weighted by Gasteiger charge is 2.17. The van der Waals surface area contributed by atoms with Crippen LogP contribution in [0, 0.1) is 0 Å². The normalized spacial score (nSPS) is 10.9. The first-order valence-corrected chi connectivity index (χ1v) is 11.0. The summed E-state index contributed by atoms with van der Waals surface area (Å²) in [7, 11) is 0. The Morgan fingerprint density at radius 3 is 2.00 bits per heavy atom. The van der Waals surface area contributed by atoms with Gasteiger partial charge in [0.05, 0.1) is 6.04 Å². The molecule has 7 heteroatoms. The van der Waals surface area contributed by atoms with Gasteiger partial charge in [-0.05, 0) is 59.7 Å². The van der Waals surface area contributed by atoms with E-state index in [1.807, 2.05) is 79.4 Å². The summed E-state index contributed by atoms with van der Waals surface area (Å²) < 4.78 is 7.56. The van der Waals surface area contributed by atoms with E-state index < -0.39 is 0 Å². The molecule has 0 unspecified atom stereocenters. The number of nitrogens with zero attached hydrogens (tertiary/aromatic N) is 5. The molecule has 4 aromatic rings. The predicted molar refractivity (Wildman–Crippen MR) is 125 cm³/mol. The van der Waals surface area contributed by atoms with Crippen LogP contribution in [0.2, 0.25) is 0 Å². The molecule has 168 valence electrons. The number of tetrazole rings is 1. The van der Waals surface area contributed by atoms with Gasteiger partial charge in [-0.15, -0.1) is 5.10 Å². The van der Waals surface area contributed by atoms with Crippen molar-refractivity contribution in [3.63, 3.8) is 0 Å². The van der Waals surface area contributed by atoms with E-state index in [2.05, 4.69) is 15.5 Å². The van der Waals surface area contributed by atoms with E-state index in [1.54, 1.807) is 28.9 Å². The van der Waals surface area contributed by atoms with Crippen LogP contribution in [0.25, 0.3) is 0 Å². The fourth-order valence-electron chi connectivity index (χ4n) is 3.54. The Balaban J connectivity index is 1.46. The third-order valence-corrected chi connectivity index (χ3v) is 5.24. The molecule has 0 aliphatic heterocycles. The minimum absolute atomic E-state index is 0.0296. The van der Waals surface area contributed by atoms with Crippen LogP contribution in [-0.2, 0) is 19.7 Å². The molecule has 0 spiro atoms. The Morgan fingerprint density at radius 2 is 1.45 bits per heavy atom. The third kappa shape index (κ3) is 5.83. The maximum Gasteiger partial charge on any atom is 0.254 e. The highest BCUT2D eigenvalue weighted by atomic mass is 16.5. The summed E-state index contributed by atoms with van der Waals surface area (Å²) >= 11 is 0. The van der Waals surface area contributed by atoms with Gasteiger partial charge in [-0.3, -0.25) is 4.79 Å². The summed E-state index contributed by atoms with van der Waals surface area (Å²) in [6.07, 6.45) is 0. The van der Waals surface area contributed by atoms with Crippen molar-refractivity contribution < 1.29 is 9.53 Å². The van der Waals surface area contributed by atoms with E-state index >= 15 is 0 Å². The van der Waals surface area contributed by atoms with Crippen LogP contribution in [0.3, 0.4) is 0 Å². The quantitative estimate of drug-likeness (QED) is 0.377. The summed E-state index contributed by atoms with van der Waals surface area (Å²) in [5, 5.41) is 11.7. The number of aromatic nitrogens is 4. The lowest BCUT2D eigenvalue weighted by Crippen LogP contribution is -2.30. The fraction of sp³-hybridized carbons (Fsp3) is 0.231. The summed E-state index contributed by atoms with van der Waals surface area (Å²) in [4.78, 5) is 15.2. The zero-order chi connectivity index (χ0) is 23.0. The maximum absolute atomic E-state index is 13.4. The molecule has 0 radical (unpaired) electrons. The Kier molecular flexibility index (Phi) is 7.09. The Bertz CT molecular complexity index is 1120. The average Bonchev–Trinajstić information content (AvgIpc) is 3.33. The number of ether oxygens (including phenoxy) is 1. The summed E-state index contributed by atoms with van der Waals surface area (Å²) in [5.74, 6) is 1.28. The molecule has 1 heterocycles. The molecular formula is C26H27N5O2. The van der Waals surface area contributed by atoms with Crippen LogP contribution in [-0.4, -0.2) is 31.0 Å². The van der Waals surface area contributed by atoms with E-state index in [4.69, 9.17) is 4.74 Å². The van der Waals surface area contributed by atoms with Crippen molar-refractivity contribution in [2.24, 2.45) is 0 Å². The topological polar surface area (TPSA) is 73.1 Å². The number of rotatable bonds is 9. The second kappa shape index (κ2) is 10.5. The van der Waals surface area contributed by atoms with E-state index in [1.165, 1.54) is 0 Å². The Morgan fingerprint density at radius 1 is 0.879 bits per heavy atom. The van der Waals surface area contributed by atoms with E-state index in [-0.39, 0.29) is 18.6 Å². The number of hydrogen-bond acceptors (Lipinski definition) is 5. The third-order valence-electron chi connectivity index (χ3n) is 5.24. The van der Waals surface area contributed by atoms with Crippen molar-refractivity contribution in [1.82, 2.24) is 25.1 Å². The predicted octanol–water partition coefficient (Wildman–Crippen LogP) is 4.68. The first-order valence-electron chi connectivity index (χ1n) is 11.0. The van der Waals surface area contributed by atoms with Crippen LogP contribution in [0.15, 0.2) is 84.9 Å². The SMILES string of the molecule is CC(C)n1nnnc1COc1ccc(C(=O)N(Cc2ccccc2)Cc2ccccc2)cc1. The lowest BCUT2D eigenvalue weighted by molar-refractivity contribution is 0.0730. The fourth-order valence-corrected chi connectivity index (χ4v) is 3.54. The molecule has 4 rings (SSSR count). The second-order valence-electron chi connectivity index (χ2n) is 8.08. The van der Waals surface area contributed by atoms with Crippen molar-refractivity contribution in [3.05, 3.63) is 107 Å². The number of carbonyl (C=O) groups excluding carboxylic acids is 1. The lowest BCUT2D eigenvalue weighted by atomic mass is 10.1. The number of amides is 1. The van der Waals surface area contributed by atoms with Gasteiger partial charge >= 0.3 is 0 Å². The van der Waals surface area contributed by atoms with Crippen molar-refractivity contribution in [3.8, 4) is 5.75 Å². The minimum atomic E-state index is -0.0296. The molecule has 0 atom stereocenters. The molecule has 0 N–H and O–H groups in total. The van der Waals surface area contributed by atoms with Crippen molar-refractivity contribution >= 4 is 5.91 Å². The Hall–Kier alpha value is -4.00. The molecule has 0 bridgehead atoms. The van der Waals surface area contributed by atoms with Crippen LogP contribution in [0.1, 0.15) is 47.2 Å². The maximum atomic E-state index is 13.4. The Labute approximate surface area is 193 Å². The zero-order valence-corrected chi connectivity index (χ0v) is 18.8. The lowest BCUT2D eigenvalue weighted by Gasteiger charge is -2.23. The van der Waals surface area contributed by atoms with Crippen molar-refractivity contribution in [1.29, 1.82) is 0 Å². The largest absolute Gasteiger partial charge is 0.486 e. The standard InChI is InChI=1S/C26H27N5O2/c1-20(2)31-25(27-28-29-31)19-33-24-15-13-23(14-16-24)26(32)30(17-21-9-5-3-6-10-21)18-22-11-7-4-8-12-22/h3-16,20H,17-19H2,1-2H3. The molecule has 0 fully saturated rings. The first-order chi connectivity index (χ1) is 16.1. The van der Waals surface area contributed by atoms with Gasteiger partial charge in [0, 0.05) is 18.7 Å². The summed E-state index contributed by atoms with van der Waals surface area (Å²) in [5.41, 5.74) is 2.79. The minimum Gasteiger partial charge on any atom is -0.486 e. The van der Waals surface area contributed by atoms with Gasteiger partial charge in [-0.1, -0.05) is 60.7 Å². The number of carbonyl (C=O) groups is 1. The van der Waals surface area contributed by atoms with Gasteiger partial charge < -0.3 is 9.64 Å². The van der Waals surface area contributed by atoms with Gasteiger partial charge in [0.15, 0.2) is 5.82 Å². The van der Waals surface area contributed by atoms with Crippen LogP contribution in [0.4, 0.5) is 0 Å². The van der Waals surface area contributed by atoms with Crippen LogP contribution < -0.4 is 4.74 Å². The molecule has 7 nitrogen and oxygen atoms in total. The van der Waals surface area contributed by atoms with Crippen molar-refractivity contribution in [2.75, 3.05) is 0 Å². The van der Waals surface area contributed by atoms with E-state index in [0.717, 1.165) is 11.1 Å². The van der Waals surface area contributed by atoms with E-state index in [9.17, 15) is 4.79 Å². The van der Waals surface area contributed by atoms with Gasteiger partial charge in [-0.25, -0.2) is 4.68 Å². The first kappa shape index (κ1) is 22.2. The summed E-state index contributed by atoms with van der Waals surface area (Å²) in [6.45, 7) is 5.34. The molecule has 0 saturated heterocycles. The molecule has 0 saturated carbocycles. The van der Waals surface area contributed by atoms with Gasteiger partial charge in [0.25, 0.3) is 5.91 Å². The zero-order valence-electron chi connectivity index (χ0n) is 18.8. The highest BCUT2D eigenvalue weighted by Crippen LogP contribution is 2.18. The molecule has 1 amide bonds. The van der Waals surface area contributed by atoms with Crippen LogP contribution in [0.5, 0.6) is 5.75 Å². The van der Waals surface area contributed by atoms with Gasteiger partial charge in [0.2, 0.25) is 0 Å². The molecule has 1 aromatic heterocycles. The smallest absolute Gasteiger partial charge is 0.254 e. The number of hydrogen-bond donors (Lipinski definition) is 0. The molecule has 0 aliphatic carbocycles. The number of benzene rings is 3. The van der Waals surface area contributed by atoms with Gasteiger partial charge in [0.1, 0.15) is 12.4 Å². The van der Waals surface area contributed by atoms with Gasteiger partial charge in [-0.2, -0.15) is 0 Å². The molecule has 3 aromatic carbocycles. The van der Waals surface area contributed by atoms with Crippen molar-refractivity contribution in [2.45, 2.75) is 39.6 Å². The van der Waals surface area contributed by atoms with E-state index in [0.29, 0.717) is 30.2 Å². The van der Waals surface area contributed by atoms with Crippen LogP contribution >= 0.6 is 0 Å². The monoisotopic (exact) mass is 441 g/mol. The highest BCUT2D eigenvalue weighted by molar-refractivity contribution is 5.94. The summed E-state index contributed by atoms with van der Waals surface area (Å²) in [6, 6.07) is 27.4. The average molecular weight is 442 g/mol. The molecular weight excluding hydrogens is 414 g/mol. The second-order valence-corrected chi connectivity index (χ2v) is 8.08. The molecule has 0 aliphatic rings. The molecule has 33 heavy (non-hydrogen) atoms.